The van der Waals surface area contributed by atoms with E-state index in [-0.39, 0.29) is 23.2 Å². The minimum absolute atomic E-state index is 0.0888. The molecule has 5 rings (SSSR count). The largest absolute Gasteiger partial charge is 0.495 e. The van der Waals surface area contributed by atoms with Gasteiger partial charge in [-0.05, 0) is 49.2 Å². The van der Waals surface area contributed by atoms with Crippen molar-refractivity contribution in [3.8, 4) is 11.5 Å². The molecule has 4 aromatic rings. The van der Waals surface area contributed by atoms with Crippen molar-refractivity contribution < 1.29 is 27.1 Å². The number of thiazole rings is 1. The number of nitrogens with zero attached hydrogens (tertiary/aromatic N) is 3. The van der Waals surface area contributed by atoms with Gasteiger partial charge in [-0.25, -0.2) is 13.4 Å². The summed E-state index contributed by atoms with van der Waals surface area (Å²) in [5.41, 5.74) is 0.556. The number of piperidine rings is 1. The van der Waals surface area contributed by atoms with Crippen LogP contribution in [0, 0.1) is 0 Å². The summed E-state index contributed by atoms with van der Waals surface area (Å²) in [6.07, 6.45) is 3.31. The Labute approximate surface area is 227 Å². The maximum atomic E-state index is 14.2. The number of carbonyl (C=O) groups is 1. The Hall–Kier alpha value is -2.64. The van der Waals surface area contributed by atoms with Crippen LogP contribution >= 0.6 is 34.3 Å². The van der Waals surface area contributed by atoms with Gasteiger partial charge >= 0.3 is 0 Å². The SMILES string of the molecule is COc1ccc(OC)c2sc(N(Cc3ccco3)C(=O)C3CCCCN3S(=O)(=O)c3ccc(Cl)s3)nc12. The third-order valence-electron chi connectivity index (χ3n) is 6.14. The maximum absolute atomic E-state index is 14.2. The number of methoxy groups -OCH3 is 2. The van der Waals surface area contributed by atoms with Gasteiger partial charge in [0.15, 0.2) is 5.13 Å². The van der Waals surface area contributed by atoms with Crippen molar-refractivity contribution in [2.45, 2.75) is 36.1 Å². The lowest BCUT2D eigenvalue weighted by Gasteiger charge is -2.35. The van der Waals surface area contributed by atoms with Crippen LogP contribution in [0.15, 0.2) is 51.3 Å². The number of benzene rings is 1. The molecule has 0 N–H and O–H groups in total. The summed E-state index contributed by atoms with van der Waals surface area (Å²) in [7, 11) is -0.807. The summed E-state index contributed by atoms with van der Waals surface area (Å²) in [4.78, 5) is 20.4. The Balaban J connectivity index is 1.58. The molecular weight excluding hydrogens is 558 g/mol. The number of rotatable bonds is 8. The molecule has 1 aliphatic heterocycles. The fraction of sp³-hybridized carbons (Fsp3) is 0.333. The van der Waals surface area contributed by atoms with Gasteiger partial charge in [0, 0.05) is 6.54 Å². The second kappa shape index (κ2) is 10.6. The molecular formula is C24H24ClN3O6S3. The quantitative estimate of drug-likeness (QED) is 0.274. The van der Waals surface area contributed by atoms with Crippen LogP contribution in [0.1, 0.15) is 25.0 Å². The minimum Gasteiger partial charge on any atom is -0.495 e. The standard InChI is InChI=1S/C24H24ClN3O6S3/c1-32-17-8-9-18(33-2)22-21(17)26-24(36-22)27(14-15-6-5-13-34-15)23(29)16-7-3-4-12-28(16)37(30,31)20-11-10-19(25)35-20/h5-6,8-11,13,16H,3-4,7,12,14H2,1-2H3. The number of anilines is 1. The van der Waals surface area contributed by atoms with Gasteiger partial charge in [0.2, 0.25) is 5.91 Å². The fourth-order valence-corrected chi connectivity index (χ4v) is 8.70. The fourth-order valence-electron chi connectivity index (χ4n) is 4.36. The number of ether oxygens (including phenoxy) is 2. The highest BCUT2D eigenvalue weighted by Gasteiger charge is 2.41. The Morgan fingerprint density at radius 2 is 1.95 bits per heavy atom. The minimum atomic E-state index is -3.92. The molecule has 0 aliphatic carbocycles. The molecule has 0 saturated carbocycles. The average molecular weight is 582 g/mol. The molecule has 196 valence electrons. The van der Waals surface area contributed by atoms with Gasteiger partial charge in [-0.15, -0.1) is 11.3 Å². The lowest BCUT2D eigenvalue weighted by Crippen LogP contribution is -2.52. The summed E-state index contributed by atoms with van der Waals surface area (Å²) >= 11 is 8.28. The van der Waals surface area contributed by atoms with E-state index in [0.29, 0.717) is 45.1 Å². The molecule has 1 fully saturated rings. The number of sulfonamides is 1. The van der Waals surface area contributed by atoms with E-state index in [4.69, 9.17) is 30.5 Å². The highest BCUT2D eigenvalue weighted by molar-refractivity contribution is 7.91. The summed E-state index contributed by atoms with van der Waals surface area (Å²) in [6.45, 7) is 0.329. The average Bonchev–Trinajstić information content (AvgIpc) is 3.67. The van der Waals surface area contributed by atoms with Crippen LogP contribution < -0.4 is 14.4 Å². The summed E-state index contributed by atoms with van der Waals surface area (Å²) in [5, 5.41) is 0.390. The van der Waals surface area contributed by atoms with Gasteiger partial charge in [-0.2, -0.15) is 4.31 Å². The predicted octanol–water partition coefficient (Wildman–Crippen LogP) is 5.40. The monoisotopic (exact) mass is 581 g/mol. The van der Waals surface area contributed by atoms with Crippen LogP contribution in [0.2, 0.25) is 4.34 Å². The highest BCUT2D eigenvalue weighted by Crippen LogP contribution is 2.41. The lowest BCUT2D eigenvalue weighted by atomic mass is 10.0. The molecule has 1 aliphatic rings. The van der Waals surface area contributed by atoms with Crippen LogP contribution in [-0.2, 0) is 21.4 Å². The van der Waals surface area contributed by atoms with Crippen LogP contribution in [-0.4, -0.2) is 50.4 Å². The van der Waals surface area contributed by atoms with Crippen molar-refractivity contribution in [3.63, 3.8) is 0 Å². The molecule has 1 amide bonds. The summed E-state index contributed by atoms with van der Waals surface area (Å²) in [5.74, 6) is 1.31. The molecule has 0 bridgehead atoms. The predicted molar refractivity (Wildman–Crippen MR) is 143 cm³/mol. The van der Waals surface area contributed by atoms with Gasteiger partial charge in [-0.1, -0.05) is 29.4 Å². The van der Waals surface area contributed by atoms with Crippen LogP contribution in [0.25, 0.3) is 10.2 Å². The van der Waals surface area contributed by atoms with Crippen molar-refractivity contribution >= 4 is 65.6 Å². The van der Waals surface area contributed by atoms with Crippen LogP contribution in [0.5, 0.6) is 11.5 Å². The first-order valence-corrected chi connectivity index (χ1v) is 14.9. The van der Waals surface area contributed by atoms with E-state index in [1.165, 1.54) is 32.9 Å². The maximum Gasteiger partial charge on any atom is 0.253 e. The molecule has 0 radical (unpaired) electrons. The Bertz CT molecular complexity index is 1470. The van der Waals surface area contributed by atoms with Gasteiger partial charge in [0.05, 0.1) is 31.4 Å². The van der Waals surface area contributed by atoms with Crippen molar-refractivity contribution in [1.29, 1.82) is 0 Å². The molecule has 0 spiro atoms. The first-order chi connectivity index (χ1) is 17.8. The first-order valence-electron chi connectivity index (χ1n) is 11.5. The first kappa shape index (κ1) is 26.0. The van der Waals surface area contributed by atoms with Gasteiger partial charge in [-0.3, -0.25) is 9.69 Å². The summed E-state index contributed by atoms with van der Waals surface area (Å²) < 4.78 is 46.1. The Morgan fingerprint density at radius 1 is 1.16 bits per heavy atom. The zero-order chi connectivity index (χ0) is 26.2. The van der Waals surface area contributed by atoms with E-state index in [0.717, 1.165) is 22.5 Å². The Kier molecular flexibility index (Phi) is 7.46. The summed E-state index contributed by atoms with van der Waals surface area (Å²) in [6, 6.07) is 9.16. The Morgan fingerprint density at radius 3 is 2.62 bits per heavy atom. The number of thiophene rings is 1. The van der Waals surface area contributed by atoms with Gasteiger partial charge < -0.3 is 13.9 Å². The van der Waals surface area contributed by atoms with E-state index in [1.54, 1.807) is 44.6 Å². The third-order valence-corrected chi connectivity index (χ3v) is 10.8. The molecule has 13 heteroatoms. The van der Waals surface area contributed by atoms with Crippen molar-refractivity contribution in [2.24, 2.45) is 0 Å². The molecule has 4 heterocycles. The zero-order valence-corrected chi connectivity index (χ0v) is 23.3. The van der Waals surface area contributed by atoms with E-state index < -0.39 is 16.1 Å². The number of halogens is 1. The number of aromatic nitrogens is 1. The second-order valence-electron chi connectivity index (χ2n) is 8.33. The lowest BCUT2D eigenvalue weighted by molar-refractivity contribution is -0.123. The van der Waals surface area contributed by atoms with Crippen LogP contribution in [0.4, 0.5) is 5.13 Å². The normalized spacial score (nSPS) is 16.7. The number of carbonyl (C=O) groups excluding carboxylic acids is 1. The molecule has 1 aromatic carbocycles. The van der Waals surface area contributed by atoms with E-state index in [9.17, 15) is 13.2 Å². The second-order valence-corrected chi connectivity index (χ2v) is 13.1. The molecule has 1 atom stereocenters. The highest BCUT2D eigenvalue weighted by atomic mass is 35.5. The number of amides is 1. The number of hydrogen-bond donors (Lipinski definition) is 0. The van der Waals surface area contributed by atoms with Gasteiger partial charge in [0.1, 0.15) is 37.7 Å². The van der Waals surface area contributed by atoms with E-state index in [1.807, 2.05) is 0 Å². The molecule has 3 aromatic heterocycles. The molecule has 1 saturated heterocycles. The molecule has 1 unspecified atom stereocenters. The van der Waals surface area contributed by atoms with Gasteiger partial charge in [0.25, 0.3) is 10.0 Å². The smallest absolute Gasteiger partial charge is 0.253 e. The number of furan rings is 1. The molecule has 37 heavy (non-hydrogen) atoms. The van der Waals surface area contributed by atoms with E-state index >= 15 is 0 Å². The third kappa shape index (κ3) is 4.96. The van der Waals surface area contributed by atoms with Crippen molar-refractivity contribution in [1.82, 2.24) is 9.29 Å². The number of hydrogen-bond acceptors (Lipinski definition) is 9. The van der Waals surface area contributed by atoms with Crippen LogP contribution in [0.3, 0.4) is 0 Å². The molecule has 9 nitrogen and oxygen atoms in total. The van der Waals surface area contributed by atoms with E-state index in [2.05, 4.69) is 0 Å². The number of fused-ring (bicyclic) bond motifs is 1. The zero-order valence-electron chi connectivity index (χ0n) is 20.0. The van der Waals surface area contributed by atoms with Crippen molar-refractivity contribution in [2.75, 3.05) is 25.7 Å². The topological polar surface area (TPSA) is 102 Å². The van der Waals surface area contributed by atoms with Crippen molar-refractivity contribution in [3.05, 3.63) is 52.8 Å².